The van der Waals surface area contributed by atoms with Crippen LogP contribution in [0.1, 0.15) is 31.7 Å². The fourth-order valence-electron chi connectivity index (χ4n) is 2.52. The normalized spacial score (nSPS) is 23.9. The zero-order valence-electron chi connectivity index (χ0n) is 9.88. The highest BCUT2D eigenvalue weighted by Gasteiger charge is 2.28. The largest absolute Gasteiger partial charge is 0.299 e. The summed E-state index contributed by atoms with van der Waals surface area (Å²) >= 11 is 5.92. The molecule has 0 aliphatic heterocycles. The van der Waals surface area contributed by atoms with Gasteiger partial charge in [-0.2, -0.15) is 0 Å². The van der Waals surface area contributed by atoms with Gasteiger partial charge < -0.3 is 0 Å². The minimum atomic E-state index is -0.378. The number of hydrogen-bond acceptors (Lipinski definition) is 1. The Kier molecular flexibility index (Phi) is 3.82. The standard InChI is InChI=1S/C14H16ClFO/c1-9-5-6-10(7-9)14(17)8-11-12(15)3-2-4-13(11)16/h2-4,9-10H,5-8H2,1H3. The number of rotatable bonds is 3. The Hall–Kier alpha value is -0.890. The van der Waals surface area contributed by atoms with Gasteiger partial charge in [-0.15, -0.1) is 0 Å². The summed E-state index contributed by atoms with van der Waals surface area (Å²) in [5, 5.41) is 0.351. The third-order valence-electron chi connectivity index (χ3n) is 3.56. The first-order valence-corrected chi connectivity index (χ1v) is 6.41. The summed E-state index contributed by atoms with van der Waals surface area (Å²) in [7, 11) is 0. The number of Topliss-reactive ketones (excluding diaryl/α,β-unsaturated/α-hetero) is 1. The van der Waals surface area contributed by atoms with E-state index in [9.17, 15) is 9.18 Å². The first-order chi connectivity index (χ1) is 8.08. The lowest BCUT2D eigenvalue weighted by atomic mass is 9.95. The van der Waals surface area contributed by atoms with Gasteiger partial charge in [0.1, 0.15) is 11.6 Å². The van der Waals surface area contributed by atoms with E-state index < -0.39 is 0 Å². The fourth-order valence-corrected chi connectivity index (χ4v) is 2.75. The molecule has 1 aliphatic carbocycles. The lowest BCUT2D eigenvalue weighted by Crippen LogP contribution is -2.15. The molecule has 3 heteroatoms. The molecule has 2 rings (SSSR count). The number of carbonyl (C=O) groups excluding carboxylic acids is 1. The number of halogens is 2. The van der Waals surface area contributed by atoms with Gasteiger partial charge in [-0.25, -0.2) is 4.39 Å². The van der Waals surface area contributed by atoms with Crippen molar-refractivity contribution in [3.05, 3.63) is 34.6 Å². The number of hydrogen-bond donors (Lipinski definition) is 0. The summed E-state index contributed by atoms with van der Waals surface area (Å²) in [5.74, 6) is 0.457. The van der Waals surface area contributed by atoms with Gasteiger partial charge >= 0.3 is 0 Å². The van der Waals surface area contributed by atoms with Gasteiger partial charge in [0.05, 0.1) is 0 Å². The summed E-state index contributed by atoms with van der Waals surface area (Å²) in [6, 6.07) is 4.54. The zero-order valence-corrected chi connectivity index (χ0v) is 10.6. The van der Waals surface area contributed by atoms with Crippen molar-refractivity contribution in [1.29, 1.82) is 0 Å². The predicted molar refractivity (Wildman–Crippen MR) is 66.6 cm³/mol. The second kappa shape index (κ2) is 5.18. The van der Waals surface area contributed by atoms with Crippen LogP contribution in [0.3, 0.4) is 0 Å². The molecule has 2 atom stereocenters. The SMILES string of the molecule is CC1CCC(C(=O)Cc2c(F)cccc2Cl)C1. The van der Waals surface area contributed by atoms with Crippen LogP contribution in [-0.4, -0.2) is 5.78 Å². The molecule has 0 bridgehead atoms. The molecule has 0 N–H and O–H groups in total. The van der Waals surface area contributed by atoms with Gasteiger partial charge in [0, 0.05) is 22.9 Å². The maximum atomic E-state index is 13.5. The minimum absolute atomic E-state index is 0.0978. The van der Waals surface area contributed by atoms with Crippen molar-refractivity contribution in [2.75, 3.05) is 0 Å². The molecule has 92 valence electrons. The molecule has 0 saturated heterocycles. The zero-order chi connectivity index (χ0) is 12.4. The first kappa shape index (κ1) is 12.6. The summed E-state index contributed by atoms with van der Waals surface area (Å²) in [6.45, 7) is 2.16. The van der Waals surface area contributed by atoms with E-state index in [4.69, 9.17) is 11.6 Å². The lowest BCUT2D eigenvalue weighted by Gasteiger charge is -2.10. The van der Waals surface area contributed by atoms with Crippen molar-refractivity contribution >= 4 is 17.4 Å². The van der Waals surface area contributed by atoms with Gasteiger partial charge in [0.25, 0.3) is 0 Å². The third kappa shape index (κ3) is 2.86. The Morgan fingerprint density at radius 3 is 2.82 bits per heavy atom. The van der Waals surface area contributed by atoms with Crippen molar-refractivity contribution in [3.63, 3.8) is 0 Å². The molecule has 0 radical (unpaired) electrons. The van der Waals surface area contributed by atoms with E-state index >= 15 is 0 Å². The molecule has 0 heterocycles. The molecule has 1 aromatic rings. The van der Waals surface area contributed by atoms with E-state index in [1.54, 1.807) is 12.1 Å². The number of benzene rings is 1. The number of carbonyl (C=O) groups is 1. The highest BCUT2D eigenvalue weighted by molar-refractivity contribution is 6.31. The van der Waals surface area contributed by atoms with Crippen molar-refractivity contribution in [2.24, 2.45) is 11.8 Å². The van der Waals surface area contributed by atoms with E-state index in [-0.39, 0.29) is 23.9 Å². The quantitative estimate of drug-likeness (QED) is 0.796. The molecule has 1 aromatic carbocycles. The predicted octanol–water partition coefficient (Wildman–Crippen LogP) is 4.03. The van der Waals surface area contributed by atoms with Crippen LogP contribution in [0.15, 0.2) is 18.2 Å². The third-order valence-corrected chi connectivity index (χ3v) is 3.92. The minimum Gasteiger partial charge on any atom is -0.299 e. The van der Waals surface area contributed by atoms with Gasteiger partial charge in [0.15, 0.2) is 0 Å². The molecular formula is C14H16ClFO. The first-order valence-electron chi connectivity index (χ1n) is 6.03. The Balaban J connectivity index is 2.08. The van der Waals surface area contributed by atoms with Gasteiger partial charge in [-0.1, -0.05) is 24.6 Å². The monoisotopic (exact) mass is 254 g/mol. The molecule has 1 fully saturated rings. The van der Waals surface area contributed by atoms with E-state index in [2.05, 4.69) is 6.92 Å². The fraction of sp³-hybridized carbons (Fsp3) is 0.500. The van der Waals surface area contributed by atoms with Crippen LogP contribution in [0.25, 0.3) is 0 Å². The highest BCUT2D eigenvalue weighted by Crippen LogP contribution is 2.32. The van der Waals surface area contributed by atoms with Crippen LogP contribution in [0.5, 0.6) is 0 Å². The average Bonchev–Trinajstić information content (AvgIpc) is 2.70. The van der Waals surface area contributed by atoms with E-state index in [0.29, 0.717) is 16.5 Å². The summed E-state index contributed by atoms with van der Waals surface area (Å²) < 4.78 is 13.5. The van der Waals surface area contributed by atoms with Gasteiger partial charge in [-0.05, 0) is 37.3 Å². The topological polar surface area (TPSA) is 17.1 Å². The number of ketones is 1. The maximum absolute atomic E-state index is 13.5. The van der Waals surface area contributed by atoms with Crippen molar-refractivity contribution < 1.29 is 9.18 Å². The van der Waals surface area contributed by atoms with Crippen LogP contribution in [0, 0.1) is 17.7 Å². The lowest BCUT2D eigenvalue weighted by molar-refractivity contribution is -0.122. The van der Waals surface area contributed by atoms with Crippen LogP contribution in [0.2, 0.25) is 5.02 Å². The van der Waals surface area contributed by atoms with Crippen molar-refractivity contribution in [3.8, 4) is 0 Å². The summed E-state index contributed by atoms with van der Waals surface area (Å²) in [5.41, 5.74) is 0.346. The highest BCUT2D eigenvalue weighted by atomic mass is 35.5. The Bertz CT molecular complexity index is 410. The molecular weight excluding hydrogens is 239 g/mol. The molecule has 0 amide bonds. The maximum Gasteiger partial charge on any atom is 0.140 e. The Morgan fingerprint density at radius 1 is 1.47 bits per heavy atom. The van der Waals surface area contributed by atoms with Crippen LogP contribution in [0.4, 0.5) is 4.39 Å². The van der Waals surface area contributed by atoms with Gasteiger partial charge in [-0.3, -0.25) is 4.79 Å². The van der Waals surface area contributed by atoms with Gasteiger partial charge in [0.2, 0.25) is 0 Å². The summed E-state index contributed by atoms with van der Waals surface area (Å²) in [4.78, 5) is 12.0. The molecule has 0 spiro atoms. The van der Waals surface area contributed by atoms with E-state index in [0.717, 1.165) is 19.3 Å². The molecule has 1 saturated carbocycles. The second-order valence-electron chi connectivity index (χ2n) is 4.96. The van der Waals surface area contributed by atoms with E-state index in [1.807, 2.05) is 0 Å². The summed E-state index contributed by atoms with van der Waals surface area (Å²) in [6.07, 6.45) is 3.10. The van der Waals surface area contributed by atoms with Crippen molar-refractivity contribution in [2.45, 2.75) is 32.6 Å². The smallest absolute Gasteiger partial charge is 0.140 e. The Labute approximate surface area is 106 Å². The molecule has 2 unspecified atom stereocenters. The van der Waals surface area contributed by atoms with Crippen LogP contribution < -0.4 is 0 Å². The molecule has 1 aliphatic rings. The molecule has 0 aromatic heterocycles. The van der Waals surface area contributed by atoms with Crippen LogP contribution in [-0.2, 0) is 11.2 Å². The Morgan fingerprint density at radius 2 is 2.24 bits per heavy atom. The second-order valence-corrected chi connectivity index (χ2v) is 5.37. The van der Waals surface area contributed by atoms with E-state index in [1.165, 1.54) is 6.07 Å². The van der Waals surface area contributed by atoms with Crippen LogP contribution >= 0.6 is 11.6 Å². The molecule has 1 nitrogen and oxygen atoms in total. The molecule has 17 heavy (non-hydrogen) atoms. The van der Waals surface area contributed by atoms with Crippen molar-refractivity contribution in [1.82, 2.24) is 0 Å². The average molecular weight is 255 g/mol.